The Labute approximate surface area is 237 Å². The summed E-state index contributed by atoms with van der Waals surface area (Å²) in [5.74, 6) is -2.59. The van der Waals surface area contributed by atoms with E-state index in [1.807, 2.05) is 0 Å². The van der Waals surface area contributed by atoms with Crippen molar-refractivity contribution in [1.82, 2.24) is 10.6 Å². The predicted molar refractivity (Wildman–Crippen MR) is 148 cm³/mol. The minimum atomic E-state index is -0.795. The Morgan fingerprint density at radius 1 is 0.857 bits per heavy atom. The lowest BCUT2D eigenvalue weighted by molar-refractivity contribution is -0.386. The van der Waals surface area contributed by atoms with E-state index in [4.69, 9.17) is 6.57 Å². The fourth-order valence-electron chi connectivity index (χ4n) is 3.57. The SMILES string of the molecule is [C-]#[N+]C(=Cc1ccc(O)c([N+](=O)[O-])c1)C(=O)NCc1cccc(CNC(=O)C(C#N)=Cc2ccc(O)c([N+](=O)[O-])c2)c1. The van der Waals surface area contributed by atoms with Crippen LogP contribution in [0.2, 0.25) is 0 Å². The second-order valence-electron chi connectivity index (χ2n) is 8.51. The minimum absolute atomic E-state index is 0.00219. The molecule has 0 spiro atoms. The fourth-order valence-corrected chi connectivity index (χ4v) is 3.57. The summed E-state index contributed by atoms with van der Waals surface area (Å²) in [4.78, 5) is 48.7. The van der Waals surface area contributed by atoms with E-state index >= 15 is 0 Å². The number of nitrogens with one attached hydrogen (secondary N) is 2. The molecule has 42 heavy (non-hydrogen) atoms. The maximum Gasteiger partial charge on any atom is 0.311 e. The minimum Gasteiger partial charge on any atom is -0.502 e. The van der Waals surface area contributed by atoms with Crippen LogP contribution in [-0.4, -0.2) is 31.9 Å². The first-order valence-corrected chi connectivity index (χ1v) is 11.8. The summed E-state index contributed by atoms with van der Waals surface area (Å²) < 4.78 is 0. The Hall–Kier alpha value is -6.54. The molecule has 0 saturated heterocycles. The molecule has 4 N–H and O–H groups in total. The topological polar surface area (TPSA) is 213 Å². The smallest absolute Gasteiger partial charge is 0.311 e. The second kappa shape index (κ2) is 13.5. The summed E-state index contributed by atoms with van der Waals surface area (Å²) in [5, 5.41) is 55.7. The third kappa shape index (κ3) is 7.75. The molecular formula is C28H20N6O8. The van der Waals surface area contributed by atoms with Crippen molar-refractivity contribution in [3.63, 3.8) is 0 Å². The molecule has 0 heterocycles. The van der Waals surface area contributed by atoms with Crippen molar-refractivity contribution in [2.75, 3.05) is 0 Å². The molecule has 0 unspecified atom stereocenters. The number of hydrogen-bond acceptors (Lipinski definition) is 9. The third-order valence-electron chi connectivity index (χ3n) is 5.62. The number of amides is 2. The maximum atomic E-state index is 12.6. The average Bonchev–Trinajstić information content (AvgIpc) is 2.97. The van der Waals surface area contributed by atoms with Crippen molar-refractivity contribution >= 4 is 35.3 Å². The molecule has 0 bridgehead atoms. The number of benzene rings is 3. The van der Waals surface area contributed by atoms with E-state index in [1.54, 1.807) is 30.3 Å². The van der Waals surface area contributed by atoms with Gasteiger partial charge in [0.25, 0.3) is 17.5 Å². The lowest BCUT2D eigenvalue weighted by atomic mass is 10.1. The number of nitro benzene ring substituents is 2. The standard InChI is InChI=1S/C28H20N6O8/c1-30-22(11-18-6-8-26(36)24(13-18)34(41)42)28(38)32-16-20-4-2-3-19(9-20)15-31-27(37)21(14-29)10-17-5-7-25(35)23(12-17)33(39)40/h2-13,35-36H,15-16H2,(H,31,37)(H,32,38). The van der Waals surface area contributed by atoms with E-state index in [0.717, 1.165) is 36.4 Å². The van der Waals surface area contributed by atoms with Crippen LogP contribution in [0.15, 0.2) is 71.9 Å². The average molecular weight is 569 g/mol. The van der Waals surface area contributed by atoms with E-state index < -0.39 is 44.5 Å². The first-order chi connectivity index (χ1) is 20.0. The number of phenols is 2. The van der Waals surface area contributed by atoms with E-state index in [2.05, 4.69) is 15.5 Å². The molecule has 14 nitrogen and oxygen atoms in total. The second-order valence-corrected chi connectivity index (χ2v) is 8.51. The van der Waals surface area contributed by atoms with E-state index in [1.165, 1.54) is 12.1 Å². The highest BCUT2D eigenvalue weighted by atomic mass is 16.6. The molecule has 0 aliphatic rings. The van der Waals surface area contributed by atoms with Crippen LogP contribution < -0.4 is 10.6 Å². The highest BCUT2D eigenvalue weighted by Gasteiger charge is 2.16. The summed E-state index contributed by atoms with van der Waals surface area (Å²) in [7, 11) is 0. The van der Waals surface area contributed by atoms with Crippen molar-refractivity contribution in [3.8, 4) is 17.6 Å². The molecule has 0 aromatic heterocycles. The Balaban J connectivity index is 1.64. The summed E-state index contributed by atoms with van der Waals surface area (Å²) >= 11 is 0. The van der Waals surface area contributed by atoms with Gasteiger partial charge < -0.3 is 20.8 Å². The highest BCUT2D eigenvalue weighted by Crippen LogP contribution is 2.28. The van der Waals surface area contributed by atoms with E-state index in [9.17, 15) is 45.3 Å². The molecule has 0 aliphatic heterocycles. The summed E-state index contributed by atoms with van der Waals surface area (Å²) in [6.45, 7) is 7.30. The number of hydrogen-bond donors (Lipinski definition) is 4. The van der Waals surface area contributed by atoms with Gasteiger partial charge in [-0.25, -0.2) is 4.85 Å². The van der Waals surface area contributed by atoms with Crippen molar-refractivity contribution in [3.05, 3.63) is 126 Å². The van der Waals surface area contributed by atoms with E-state index in [0.29, 0.717) is 11.1 Å². The molecule has 3 aromatic carbocycles. The Morgan fingerprint density at radius 3 is 1.83 bits per heavy atom. The number of phenolic OH excluding ortho intramolecular Hbond substituents is 2. The van der Waals surface area contributed by atoms with Gasteiger partial charge in [-0.3, -0.25) is 29.8 Å². The van der Waals surface area contributed by atoms with Gasteiger partial charge in [0.15, 0.2) is 11.5 Å². The molecule has 3 rings (SSSR count). The quantitative estimate of drug-likeness (QED) is 0.0921. The molecule has 0 fully saturated rings. The molecule has 2 amide bonds. The van der Waals surface area contributed by atoms with Crippen molar-refractivity contribution < 1.29 is 29.6 Å². The molecule has 0 aliphatic carbocycles. The van der Waals surface area contributed by atoms with Crippen molar-refractivity contribution in [2.24, 2.45) is 0 Å². The van der Waals surface area contributed by atoms with Gasteiger partial charge in [-0.05, 0) is 46.5 Å². The van der Waals surface area contributed by atoms with Crippen LogP contribution in [0.3, 0.4) is 0 Å². The van der Waals surface area contributed by atoms with Gasteiger partial charge in [-0.1, -0.05) is 36.4 Å². The first kappa shape index (κ1) is 30.0. The first-order valence-electron chi connectivity index (χ1n) is 11.8. The number of aromatic hydroxyl groups is 2. The summed E-state index contributed by atoms with van der Waals surface area (Å²) in [6, 6.07) is 15.3. The molecule has 14 heteroatoms. The van der Waals surface area contributed by atoms with Gasteiger partial charge in [0.1, 0.15) is 11.6 Å². The van der Waals surface area contributed by atoms with Crippen molar-refractivity contribution in [1.29, 1.82) is 5.26 Å². The zero-order valence-corrected chi connectivity index (χ0v) is 21.5. The largest absolute Gasteiger partial charge is 0.502 e. The maximum absolute atomic E-state index is 12.6. The molecular weight excluding hydrogens is 548 g/mol. The number of carbonyl (C=O) groups is 2. The third-order valence-corrected chi connectivity index (χ3v) is 5.62. The number of nitrogens with zero attached hydrogens (tertiary/aromatic N) is 4. The Kier molecular flexibility index (Phi) is 9.64. The van der Waals surface area contributed by atoms with Gasteiger partial charge in [-0.2, -0.15) is 5.26 Å². The molecule has 210 valence electrons. The molecule has 3 aromatic rings. The van der Waals surface area contributed by atoms with Gasteiger partial charge >= 0.3 is 11.4 Å². The number of nitriles is 1. The van der Waals surface area contributed by atoms with Crippen LogP contribution in [0.4, 0.5) is 11.4 Å². The fraction of sp³-hybridized carbons (Fsp3) is 0.0714. The zero-order valence-electron chi connectivity index (χ0n) is 21.5. The monoisotopic (exact) mass is 568 g/mol. The normalized spacial score (nSPS) is 11.1. The van der Waals surface area contributed by atoms with Crippen LogP contribution >= 0.6 is 0 Å². The Bertz CT molecular complexity index is 1610. The molecule has 0 radical (unpaired) electrons. The predicted octanol–water partition coefficient (Wildman–Crippen LogP) is 3.71. The number of rotatable bonds is 10. The van der Waals surface area contributed by atoms with Crippen molar-refractivity contribution in [2.45, 2.75) is 13.1 Å². The Morgan fingerprint density at radius 2 is 1.36 bits per heavy atom. The zero-order chi connectivity index (χ0) is 30.8. The van der Waals surface area contributed by atoms with Crippen LogP contribution in [0.5, 0.6) is 11.5 Å². The van der Waals surface area contributed by atoms with Crippen LogP contribution in [0.25, 0.3) is 17.0 Å². The van der Waals surface area contributed by atoms with Gasteiger partial charge in [0.05, 0.1) is 16.4 Å². The lowest BCUT2D eigenvalue weighted by Crippen LogP contribution is -2.25. The summed E-state index contributed by atoms with van der Waals surface area (Å²) in [5.41, 5.74) is -0.234. The number of carbonyl (C=O) groups excluding carboxylic acids is 2. The van der Waals surface area contributed by atoms with Gasteiger partial charge in [0, 0.05) is 25.2 Å². The molecule has 0 saturated carbocycles. The van der Waals surface area contributed by atoms with Crippen LogP contribution in [0.1, 0.15) is 22.3 Å². The molecule has 0 atom stereocenters. The highest BCUT2D eigenvalue weighted by molar-refractivity contribution is 6.01. The van der Waals surface area contributed by atoms with Gasteiger partial charge in [0.2, 0.25) is 0 Å². The lowest BCUT2D eigenvalue weighted by Gasteiger charge is -2.09. The number of nitro groups is 2. The van der Waals surface area contributed by atoms with Crippen LogP contribution in [0, 0.1) is 38.1 Å². The van der Waals surface area contributed by atoms with Crippen LogP contribution in [-0.2, 0) is 22.7 Å². The van der Waals surface area contributed by atoms with E-state index in [-0.39, 0.29) is 35.5 Å². The summed E-state index contributed by atoms with van der Waals surface area (Å²) in [6.07, 6.45) is 2.30. The van der Waals surface area contributed by atoms with Gasteiger partial charge in [-0.15, -0.1) is 0 Å².